The summed E-state index contributed by atoms with van der Waals surface area (Å²) in [4.78, 5) is 26.2. The average molecular weight is 474 g/mol. The van der Waals surface area contributed by atoms with Gasteiger partial charge in [-0.3, -0.25) is 9.89 Å². The number of hydrogen-bond donors (Lipinski definition) is 2. The molecular weight excluding hydrogens is 446 g/mol. The number of carbonyl (C=O) groups is 1. The van der Waals surface area contributed by atoms with Gasteiger partial charge in [-0.25, -0.2) is 9.98 Å². The predicted octanol–water partition coefficient (Wildman–Crippen LogP) is 6.42. The number of hydrogen-bond acceptors (Lipinski definition) is 6. The molecule has 4 heterocycles. The lowest BCUT2D eigenvalue weighted by Gasteiger charge is -2.35. The van der Waals surface area contributed by atoms with Crippen molar-refractivity contribution in [3.63, 3.8) is 0 Å². The Balaban J connectivity index is 1.27. The molecule has 2 N–H and O–H groups in total. The number of rotatable bonds is 7. The van der Waals surface area contributed by atoms with Crippen LogP contribution >= 0.6 is 11.8 Å². The number of nitrogens with zero attached hydrogens (tertiary/aromatic N) is 3. The highest BCUT2D eigenvalue weighted by Gasteiger charge is 2.45. The SMILES string of the molecule is CCCCCC1CC(=O)C2C(=Nc3[nH]ncc3C2c2ccc(Sc3nc4ccccc4[nH]3)o2)C1. The van der Waals surface area contributed by atoms with E-state index in [1.807, 2.05) is 36.4 Å². The number of aromatic amines is 2. The van der Waals surface area contributed by atoms with E-state index in [0.717, 1.165) is 57.0 Å². The standard InChI is InChI=1S/C26H27N5O2S/c1-2-3-4-7-15-12-19-24(20(32)13-15)23(16-14-27-31-25(16)28-19)21-10-11-22(33-21)34-26-29-17-8-5-6-9-18(17)30-26/h5-6,8-11,14-15,23-24H,2-4,7,12-13H2,1H3,(H,27,31)(H,29,30). The Hall–Kier alpha value is -3.13. The lowest BCUT2D eigenvalue weighted by atomic mass is 9.69. The molecule has 0 bridgehead atoms. The molecule has 8 heteroatoms. The maximum absolute atomic E-state index is 13.4. The van der Waals surface area contributed by atoms with Gasteiger partial charge in [0.1, 0.15) is 11.5 Å². The van der Waals surface area contributed by atoms with Gasteiger partial charge in [0.05, 0.1) is 29.1 Å². The zero-order valence-corrected chi connectivity index (χ0v) is 19.9. The van der Waals surface area contributed by atoms with Crippen LogP contribution in [0.25, 0.3) is 11.0 Å². The number of para-hydroxylation sites is 2. The van der Waals surface area contributed by atoms with E-state index in [1.165, 1.54) is 31.0 Å². The Labute approximate surface area is 201 Å². The summed E-state index contributed by atoms with van der Waals surface area (Å²) < 4.78 is 6.31. The second-order valence-corrected chi connectivity index (χ2v) is 10.3. The fourth-order valence-electron chi connectivity index (χ4n) is 5.35. The third-order valence-corrected chi connectivity index (χ3v) is 7.76. The molecule has 7 nitrogen and oxygen atoms in total. The lowest BCUT2D eigenvalue weighted by molar-refractivity contribution is -0.123. The zero-order chi connectivity index (χ0) is 23.1. The highest BCUT2D eigenvalue weighted by Crippen LogP contribution is 2.47. The van der Waals surface area contributed by atoms with Crippen molar-refractivity contribution in [3.05, 3.63) is 53.9 Å². The van der Waals surface area contributed by atoms with E-state index in [2.05, 4.69) is 27.1 Å². The normalized spacial score (nSPS) is 22.0. The molecule has 1 saturated carbocycles. The van der Waals surface area contributed by atoms with Crippen LogP contribution in [0.4, 0.5) is 5.82 Å². The monoisotopic (exact) mass is 473 g/mol. The first-order valence-electron chi connectivity index (χ1n) is 12.1. The van der Waals surface area contributed by atoms with Crippen LogP contribution in [0.15, 0.2) is 62.3 Å². The van der Waals surface area contributed by atoms with E-state index >= 15 is 0 Å². The van der Waals surface area contributed by atoms with Crippen molar-refractivity contribution in [1.82, 2.24) is 20.2 Å². The number of aliphatic imine (C=N–C) groups is 1. The minimum absolute atomic E-state index is 0.199. The molecule has 1 aliphatic heterocycles. The first-order valence-corrected chi connectivity index (χ1v) is 12.9. The van der Waals surface area contributed by atoms with Gasteiger partial charge in [-0.2, -0.15) is 5.10 Å². The summed E-state index contributed by atoms with van der Waals surface area (Å²) in [5.74, 6) is 1.71. The van der Waals surface area contributed by atoms with Gasteiger partial charge < -0.3 is 9.40 Å². The Morgan fingerprint density at radius 2 is 2.03 bits per heavy atom. The van der Waals surface area contributed by atoms with Crippen LogP contribution in [-0.4, -0.2) is 31.7 Å². The Bertz CT molecular complexity index is 1330. The molecule has 6 rings (SSSR count). The molecule has 3 unspecified atom stereocenters. The number of fused-ring (bicyclic) bond motifs is 3. The lowest BCUT2D eigenvalue weighted by Crippen LogP contribution is -2.39. The molecule has 4 aromatic rings. The van der Waals surface area contributed by atoms with Crippen LogP contribution in [0.3, 0.4) is 0 Å². The van der Waals surface area contributed by atoms with Crippen molar-refractivity contribution in [2.24, 2.45) is 16.8 Å². The van der Waals surface area contributed by atoms with Gasteiger partial charge in [0.15, 0.2) is 16.1 Å². The van der Waals surface area contributed by atoms with Gasteiger partial charge in [0.25, 0.3) is 0 Å². The quantitative estimate of drug-likeness (QED) is 0.302. The molecule has 34 heavy (non-hydrogen) atoms. The molecule has 0 saturated heterocycles. The number of Topliss-reactive ketones (excluding diaryl/α,β-unsaturated/α-hetero) is 1. The summed E-state index contributed by atoms with van der Waals surface area (Å²) in [6.45, 7) is 2.21. The molecule has 174 valence electrons. The third kappa shape index (κ3) is 3.90. The van der Waals surface area contributed by atoms with Crippen molar-refractivity contribution in [1.29, 1.82) is 0 Å². The van der Waals surface area contributed by atoms with Gasteiger partial charge >= 0.3 is 0 Å². The number of aromatic nitrogens is 4. The number of ketones is 1. The topological polar surface area (TPSA) is 99.9 Å². The van der Waals surface area contributed by atoms with Crippen molar-refractivity contribution >= 4 is 40.1 Å². The maximum atomic E-state index is 13.4. The average Bonchev–Trinajstić information content (AvgIpc) is 3.57. The number of carbonyl (C=O) groups excluding carboxylic acids is 1. The van der Waals surface area contributed by atoms with E-state index in [0.29, 0.717) is 12.3 Å². The predicted molar refractivity (Wildman–Crippen MR) is 132 cm³/mol. The first-order chi connectivity index (χ1) is 16.7. The molecule has 3 atom stereocenters. The molecule has 1 aliphatic carbocycles. The minimum atomic E-state index is -0.275. The first kappa shape index (κ1) is 21.4. The summed E-state index contributed by atoms with van der Waals surface area (Å²) in [6.07, 6.45) is 7.95. The van der Waals surface area contributed by atoms with E-state index in [-0.39, 0.29) is 17.6 Å². The van der Waals surface area contributed by atoms with Crippen molar-refractivity contribution in [2.75, 3.05) is 0 Å². The summed E-state index contributed by atoms with van der Waals surface area (Å²) in [5, 5.41) is 8.78. The molecule has 0 spiro atoms. The van der Waals surface area contributed by atoms with E-state index in [4.69, 9.17) is 9.41 Å². The number of imidazole rings is 1. The zero-order valence-electron chi connectivity index (χ0n) is 19.1. The number of H-pyrrole nitrogens is 2. The van der Waals surface area contributed by atoms with E-state index in [1.54, 1.807) is 6.20 Å². The van der Waals surface area contributed by atoms with Crippen molar-refractivity contribution < 1.29 is 9.21 Å². The molecule has 2 aliphatic rings. The van der Waals surface area contributed by atoms with Gasteiger partial charge in [-0.05, 0) is 54.8 Å². The minimum Gasteiger partial charge on any atom is -0.454 e. The van der Waals surface area contributed by atoms with Crippen LogP contribution in [0.1, 0.15) is 62.7 Å². The molecule has 0 radical (unpaired) electrons. The third-order valence-electron chi connectivity index (χ3n) is 6.95. The second-order valence-electron chi connectivity index (χ2n) is 9.29. The molecule has 1 fully saturated rings. The van der Waals surface area contributed by atoms with Gasteiger partial charge in [0.2, 0.25) is 0 Å². The summed E-state index contributed by atoms with van der Waals surface area (Å²) >= 11 is 1.45. The van der Waals surface area contributed by atoms with Gasteiger partial charge in [0, 0.05) is 17.7 Å². The Kier molecular flexibility index (Phi) is 5.61. The number of benzene rings is 1. The van der Waals surface area contributed by atoms with Crippen LogP contribution in [0.2, 0.25) is 0 Å². The summed E-state index contributed by atoms with van der Waals surface area (Å²) in [5.41, 5.74) is 3.83. The second kappa shape index (κ2) is 8.91. The summed E-state index contributed by atoms with van der Waals surface area (Å²) in [7, 11) is 0. The Morgan fingerprint density at radius 1 is 1.12 bits per heavy atom. The van der Waals surface area contributed by atoms with Gasteiger partial charge in [-0.1, -0.05) is 38.3 Å². The number of nitrogens with one attached hydrogen (secondary N) is 2. The van der Waals surface area contributed by atoms with Crippen molar-refractivity contribution in [3.8, 4) is 0 Å². The summed E-state index contributed by atoms with van der Waals surface area (Å²) in [6, 6.07) is 11.9. The van der Waals surface area contributed by atoms with E-state index in [9.17, 15) is 4.79 Å². The van der Waals surface area contributed by atoms with Crippen LogP contribution in [-0.2, 0) is 4.79 Å². The van der Waals surface area contributed by atoms with Crippen LogP contribution in [0.5, 0.6) is 0 Å². The number of furan rings is 1. The van der Waals surface area contributed by atoms with Gasteiger partial charge in [-0.15, -0.1) is 0 Å². The van der Waals surface area contributed by atoms with E-state index < -0.39 is 0 Å². The molecule has 1 aromatic carbocycles. The molecule has 0 amide bonds. The smallest absolute Gasteiger partial charge is 0.174 e. The fraction of sp³-hybridized carbons (Fsp3) is 0.385. The molecule has 3 aromatic heterocycles. The largest absolute Gasteiger partial charge is 0.454 e. The highest BCUT2D eigenvalue weighted by atomic mass is 32.2. The number of unbranched alkanes of at least 4 members (excludes halogenated alkanes) is 2. The highest BCUT2D eigenvalue weighted by molar-refractivity contribution is 7.99. The maximum Gasteiger partial charge on any atom is 0.174 e. The van der Waals surface area contributed by atoms with Crippen LogP contribution < -0.4 is 0 Å². The van der Waals surface area contributed by atoms with Crippen molar-refractivity contribution in [2.45, 2.75) is 61.6 Å². The fourth-order valence-corrected chi connectivity index (χ4v) is 6.12. The van der Waals surface area contributed by atoms with Crippen LogP contribution in [0, 0.1) is 11.8 Å². The molecular formula is C26H27N5O2S. The Morgan fingerprint density at radius 3 is 2.91 bits per heavy atom.